The summed E-state index contributed by atoms with van der Waals surface area (Å²) in [6, 6.07) is 115. The van der Waals surface area contributed by atoms with Gasteiger partial charge in [-0.1, -0.05) is 218 Å². The van der Waals surface area contributed by atoms with Gasteiger partial charge in [0.25, 0.3) is 0 Å². The van der Waals surface area contributed by atoms with Gasteiger partial charge in [-0.25, -0.2) is 9.97 Å². The summed E-state index contributed by atoms with van der Waals surface area (Å²) in [6.45, 7) is 0. The molecule has 0 saturated carbocycles. The molecular formula is C90H54N10S2. The van der Waals surface area contributed by atoms with Crippen LogP contribution < -0.4 is 0 Å². The third-order valence-corrected chi connectivity index (χ3v) is 22.2. The molecule has 0 aliphatic heterocycles. The Hall–Kier alpha value is -13.3. The molecule has 0 amide bonds. The van der Waals surface area contributed by atoms with Crippen LogP contribution in [0.5, 0.6) is 0 Å². The summed E-state index contributed by atoms with van der Waals surface area (Å²) in [4.78, 5) is 31.2. The molecule has 102 heavy (non-hydrogen) atoms. The Morgan fingerprint density at radius 1 is 0.186 bits per heavy atom. The summed E-state index contributed by atoms with van der Waals surface area (Å²) in [5, 5.41) is 14.5. The fraction of sp³-hybridized carbons (Fsp3) is 0. The van der Waals surface area contributed by atoms with Gasteiger partial charge in [0.15, 0.2) is 23.3 Å². The molecule has 0 radical (unpaired) electrons. The minimum atomic E-state index is 0.589. The van der Waals surface area contributed by atoms with Gasteiger partial charge in [0, 0.05) is 117 Å². The molecule has 0 atom stereocenters. The number of para-hydroxylation sites is 6. The lowest BCUT2D eigenvalue weighted by Gasteiger charge is -2.11. The molecule has 10 nitrogen and oxygen atoms in total. The molecule has 0 spiro atoms. The minimum absolute atomic E-state index is 0.589. The topological polar surface area (TPSA) is 97.1 Å². The molecule has 22 rings (SSSR count). The minimum Gasteiger partial charge on any atom is -0.309 e. The van der Waals surface area contributed by atoms with Crippen LogP contribution in [0, 0.1) is 0 Å². The second kappa shape index (κ2) is 23.2. The summed E-state index contributed by atoms with van der Waals surface area (Å²) < 4.78 is 14.2. The molecule has 0 N–H and O–H groups in total. The van der Waals surface area contributed by atoms with Crippen LogP contribution >= 0.6 is 22.7 Å². The van der Waals surface area contributed by atoms with Crippen LogP contribution in [0.1, 0.15) is 0 Å². The van der Waals surface area contributed by atoms with E-state index in [0.717, 1.165) is 77.5 Å². The van der Waals surface area contributed by atoms with Crippen LogP contribution in [0.25, 0.3) is 196 Å². The Bertz CT molecular complexity index is 7120. The van der Waals surface area contributed by atoms with Crippen molar-refractivity contribution >= 4 is 150 Å². The maximum atomic E-state index is 5.28. The number of hydrogen-bond acceptors (Lipinski definition) is 8. The first-order chi connectivity index (χ1) is 50.6. The van der Waals surface area contributed by atoms with E-state index in [1.807, 2.05) is 47.7 Å². The van der Waals surface area contributed by atoms with Gasteiger partial charge in [0.2, 0.25) is 11.9 Å². The Kier molecular flexibility index (Phi) is 13.1. The lowest BCUT2D eigenvalue weighted by atomic mass is 10.1. The van der Waals surface area contributed by atoms with Gasteiger partial charge >= 0.3 is 0 Å². The highest BCUT2D eigenvalue weighted by Gasteiger charge is 2.26. The second-order valence-corrected chi connectivity index (χ2v) is 27.9. The quantitative estimate of drug-likeness (QED) is 0.150. The van der Waals surface area contributed by atoms with Gasteiger partial charge in [-0.2, -0.15) is 19.9 Å². The fourth-order valence-corrected chi connectivity index (χ4v) is 17.8. The van der Waals surface area contributed by atoms with E-state index in [0.29, 0.717) is 35.2 Å². The van der Waals surface area contributed by atoms with Crippen LogP contribution in [0.3, 0.4) is 0 Å². The molecule has 0 saturated heterocycles. The average molecular weight is 1340 g/mol. The van der Waals surface area contributed by atoms with Crippen molar-refractivity contribution < 1.29 is 0 Å². The Morgan fingerprint density at radius 3 is 0.931 bits per heavy atom. The Labute approximate surface area is 590 Å². The van der Waals surface area contributed by atoms with E-state index in [1.54, 1.807) is 11.3 Å². The smallest absolute Gasteiger partial charge is 0.238 e. The average Bonchev–Trinajstić information content (AvgIpc) is 1.55. The molecule has 0 unspecified atom stereocenters. The maximum Gasteiger partial charge on any atom is 0.238 e. The molecule has 8 heterocycles. The van der Waals surface area contributed by atoms with Crippen molar-refractivity contribution in [3.05, 3.63) is 328 Å². The number of benzene rings is 14. The summed E-state index contributed by atoms with van der Waals surface area (Å²) >= 11 is 3.61. The van der Waals surface area contributed by atoms with Crippen molar-refractivity contribution in [1.29, 1.82) is 0 Å². The van der Waals surface area contributed by atoms with E-state index in [-0.39, 0.29) is 0 Å². The zero-order valence-corrected chi connectivity index (χ0v) is 56.1. The fourth-order valence-electron chi connectivity index (χ4n) is 15.5. The van der Waals surface area contributed by atoms with Crippen LogP contribution in [-0.4, -0.2) is 48.2 Å². The predicted molar refractivity (Wildman–Crippen MR) is 425 cm³/mol. The highest BCUT2D eigenvalue weighted by Crippen LogP contribution is 2.46. The molecule has 22 aromatic rings. The molecule has 0 fully saturated rings. The van der Waals surface area contributed by atoms with Crippen LogP contribution in [-0.2, 0) is 0 Å². The normalized spacial score (nSPS) is 11.9. The van der Waals surface area contributed by atoms with E-state index in [2.05, 4.69) is 309 Å². The summed E-state index contributed by atoms with van der Waals surface area (Å²) in [5.41, 5.74) is 15.0. The SMILES string of the molecule is c1ccc(-c2nc(-c3ccc4c(c3)sc3ccccc34)nc(-n3c4ccccc4c4c5c6ccccc6n(-c6ccccc6)c5ccc43)n2)cc1.c1ccc(-c2nc(-c3ccc4sc5ccccc5c4c3)nc(-n3c4ccccc4c4c5c6ccccc6n(-c6ccccc6)c5ccc43)n2)cc1. The van der Waals surface area contributed by atoms with Crippen molar-refractivity contribution in [3.8, 4) is 68.8 Å². The molecule has 0 bridgehead atoms. The van der Waals surface area contributed by atoms with Crippen LogP contribution in [0.2, 0.25) is 0 Å². The first-order valence-corrected chi connectivity index (χ1v) is 35.7. The van der Waals surface area contributed by atoms with Gasteiger partial charge in [-0.3, -0.25) is 9.13 Å². The van der Waals surface area contributed by atoms with E-state index in [1.165, 1.54) is 83.7 Å². The van der Waals surface area contributed by atoms with E-state index >= 15 is 0 Å². The summed E-state index contributed by atoms with van der Waals surface area (Å²) in [7, 11) is 0. The van der Waals surface area contributed by atoms with E-state index < -0.39 is 0 Å². The standard InChI is InChI=1S/2C45H27N5S/c1-3-13-28(14-4-1)43-46-44(29-23-26-40-34(27-29)31-17-9-12-22-39(31)51-40)48-45(47-43)50-36-21-11-8-19-33(36)42-38(50)25-24-37-41(42)32-18-7-10-20-35(32)49(37)30-15-5-2-6-16-30;1-3-13-28(14-4-1)43-46-44(29-23-24-32-31-17-9-12-22-39(31)51-40(32)27-29)48-45(47-43)50-36-21-11-8-19-34(36)42-38(50)26-25-37-41(42)33-18-7-10-20-35(33)49(37)30-15-5-2-6-16-30/h2*1-27H. The Morgan fingerprint density at radius 2 is 0.490 bits per heavy atom. The number of aromatic nitrogens is 10. The number of hydrogen-bond donors (Lipinski definition) is 0. The zero-order chi connectivity index (χ0) is 66.9. The third kappa shape index (κ3) is 9.10. The largest absolute Gasteiger partial charge is 0.309 e. The first kappa shape index (κ1) is 57.8. The van der Waals surface area contributed by atoms with Crippen LogP contribution in [0.15, 0.2) is 328 Å². The molecule has 476 valence electrons. The molecule has 14 aromatic carbocycles. The highest BCUT2D eigenvalue weighted by atomic mass is 32.1. The molecular weight excluding hydrogens is 1290 g/mol. The van der Waals surface area contributed by atoms with Gasteiger partial charge < -0.3 is 9.13 Å². The third-order valence-electron chi connectivity index (χ3n) is 20.0. The lowest BCUT2D eigenvalue weighted by Crippen LogP contribution is -2.06. The van der Waals surface area contributed by atoms with Crippen molar-refractivity contribution in [2.24, 2.45) is 0 Å². The van der Waals surface area contributed by atoms with Gasteiger partial charge in [0.1, 0.15) is 0 Å². The Balaban J connectivity index is 0.000000133. The van der Waals surface area contributed by atoms with Gasteiger partial charge in [-0.05, 0) is 109 Å². The second-order valence-electron chi connectivity index (χ2n) is 25.7. The summed E-state index contributed by atoms with van der Waals surface area (Å²) in [6.07, 6.45) is 0. The summed E-state index contributed by atoms with van der Waals surface area (Å²) in [5.74, 6) is 3.74. The van der Waals surface area contributed by atoms with Crippen molar-refractivity contribution in [1.82, 2.24) is 48.2 Å². The number of thiophene rings is 2. The van der Waals surface area contributed by atoms with Gasteiger partial charge in [0.05, 0.1) is 44.1 Å². The predicted octanol–water partition coefficient (Wildman–Crippen LogP) is 23.5. The van der Waals surface area contributed by atoms with E-state index in [4.69, 9.17) is 29.9 Å². The molecule has 12 heteroatoms. The van der Waals surface area contributed by atoms with Gasteiger partial charge in [-0.15, -0.1) is 22.7 Å². The number of nitrogens with zero attached hydrogens (tertiary/aromatic N) is 10. The molecule has 0 aliphatic rings. The van der Waals surface area contributed by atoms with Crippen molar-refractivity contribution in [3.63, 3.8) is 0 Å². The number of rotatable bonds is 8. The number of fused-ring (bicyclic) bond motifs is 20. The van der Waals surface area contributed by atoms with E-state index in [9.17, 15) is 0 Å². The molecule has 8 aromatic heterocycles. The molecule has 0 aliphatic carbocycles. The van der Waals surface area contributed by atoms with Crippen LogP contribution in [0.4, 0.5) is 0 Å². The lowest BCUT2D eigenvalue weighted by molar-refractivity contribution is 0.953. The monoisotopic (exact) mass is 1340 g/mol. The highest BCUT2D eigenvalue weighted by molar-refractivity contribution is 7.26. The maximum absolute atomic E-state index is 5.28. The zero-order valence-electron chi connectivity index (χ0n) is 54.5. The van der Waals surface area contributed by atoms with Crippen molar-refractivity contribution in [2.75, 3.05) is 0 Å². The first-order valence-electron chi connectivity index (χ1n) is 34.1. The van der Waals surface area contributed by atoms with Crippen molar-refractivity contribution in [2.45, 2.75) is 0 Å².